The average Bonchev–Trinajstić information content (AvgIpc) is 3.56. The van der Waals surface area contributed by atoms with E-state index in [0.29, 0.717) is 0 Å². The highest BCUT2D eigenvalue weighted by atomic mass is 14.3. The number of fused-ring (bicyclic) bond motifs is 6. The zero-order valence-electron chi connectivity index (χ0n) is 27.0. The van der Waals surface area contributed by atoms with E-state index in [0.717, 1.165) is 6.42 Å². The van der Waals surface area contributed by atoms with Crippen LogP contribution in [0.4, 0.5) is 0 Å². The van der Waals surface area contributed by atoms with Crippen molar-refractivity contribution >= 4 is 32.3 Å². The van der Waals surface area contributed by atoms with Crippen molar-refractivity contribution in [1.29, 1.82) is 0 Å². The maximum atomic E-state index is 2.41. The Kier molecular flexibility index (Phi) is 6.35. The molecule has 0 saturated carbocycles. The molecule has 1 aliphatic rings. The number of rotatable bonds is 4. The summed E-state index contributed by atoms with van der Waals surface area (Å²) in [7, 11) is 0. The van der Waals surface area contributed by atoms with Crippen LogP contribution in [0.25, 0.3) is 88.0 Å². The van der Waals surface area contributed by atoms with E-state index in [1.807, 2.05) is 0 Å². The first kappa shape index (κ1) is 27.8. The van der Waals surface area contributed by atoms with Gasteiger partial charge in [-0.05, 0) is 124 Å². The average molecular weight is 621 g/mol. The third-order valence-electron chi connectivity index (χ3n) is 10.5. The third-order valence-corrected chi connectivity index (χ3v) is 10.5. The molecule has 9 aromatic carbocycles. The van der Waals surface area contributed by atoms with Crippen molar-refractivity contribution in [2.24, 2.45) is 0 Å². The zero-order chi connectivity index (χ0) is 32.3. The maximum absolute atomic E-state index is 2.41. The van der Waals surface area contributed by atoms with E-state index in [-0.39, 0.29) is 0 Å². The molecule has 0 atom stereocenters. The van der Waals surface area contributed by atoms with Gasteiger partial charge in [0.25, 0.3) is 0 Å². The number of hydrogen-bond acceptors (Lipinski definition) is 0. The molecule has 0 bridgehead atoms. The molecule has 0 aliphatic heterocycles. The molecule has 0 N–H and O–H groups in total. The van der Waals surface area contributed by atoms with Crippen LogP contribution in [0.3, 0.4) is 0 Å². The van der Waals surface area contributed by atoms with Crippen molar-refractivity contribution < 1.29 is 0 Å². The van der Waals surface area contributed by atoms with E-state index in [2.05, 4.69) is 182 Å². The highest BCUT2D eigenvalue weighted by Crippen LogP contribution is 2.46. The van der Waals surface area contributed by atoms with Gasteiger partial charge < -0.3 is 0 Å². The molecule has 0 fully saturated rings. The summed E-state index contributed by atoms with van der Waals surface area (Å²) < 4.78 is 0. The topological polar surface area (TPSA) is 0 Å². The van der Waals surface area contributed by atoms with Gasteiger partial charge in [-0.1, -0.05) is 164 Å². The van der Waals surface area contributed by atoms with Gasteiger partial charge in [0.2, 0.25) is 0 Å². The highest BCUT2D eigenvalue weighted by Gasteiger charge is 2.22. The van der Waals surface area contributed by atoms with Crippen LogP contribution in [0.2, 0.25) is 0 Å². The summed E-state index contributed by atoms with van der Waals surface area (Å²) in [4.78, 5) is 0. The maximum Gasteiger partial charge on any atom is -0.00132 e. The van der Waals surface area contributed by atoms with Gasteiger partial charge in [0.15, 0.2) is 0 Å². The lowest BCUT2D eigenvalue weighted by Crippen LogP contribution is -1.91. The first-order valence-corrected chi connectivity index (χ1v) is 17.1. The Morgan fingerprint density at radius 2 is 0.776 bits per heavy atom. The van der Waals surface area contributed by atoms with Gasteiger partial charge in [-0.2, -0.15) is 0 Å². The number of hydrogen-bond donors (Lipinski definition) is 0. The fourth-order valence-electron chi connectivity index (χ4n) is 8.21. The Labute approximate surface area is 286 Å². The second-order valence-electron chi connectivity index (χ2n) is 13.2. The lowest BCUT2D eigenvalue weighted by Gasteiger charge is -2.19. The standard InChI is InChI=1S/C49H32/c1-3-12-32(13-4-1)47-43-19-9-10-20-44(43)48(33-14-5-2-6-15-33)46-31-37(26-27-45(46)47)35-22-23-36-29-39(25-24-34(36)28-35)42-21-11-17-40-30-38-16-7-8-18-41(38)49(40)42/h1-29,31H,30H2. The second-order valence-corrected chi connectivity index (χ2v) is 13.2. The summed E-state index contributed by atoms with van der Waals surface area (Å²) in [6, 6.07) is 67.2. The molecule has 0 spiro atoms. The summed E-state index contributed by atoms with van der Waals surface area (Å²) in [5, 5.41) is 7.61. The van der Waals surface area contributed by atoms with Crippen molar-refractivity contribution in [1.82, 2.24) is 0 Å². The monoisotopic (exact) mass is 620 g/mol. The molecule has 228 valence electrons. The Bertz CT molecular complexity index is 2720. The van der Waals surface area contributed by atoms with Gasteiger partial charge in [-0.15, -0.1) is 0 Å². The first-order chi connectivity index (χ1) is 24.3. The number of benzene rings is 9. The molecule has 0 amide bonds. The zero-order valence-corrected chi connectivity index (χ0v) is 27.0. The minimum atomic E-state index is 1.01. The van der Waals surface area contributed by atoms with Crippen molar-refractivity contribution in [3.63, 3.8) is 0 Å². The molecule has 10 rings (SSSR count). The molecule has 0 heterocycles. The fourth-order valence-corrected chi connectivity index (χ4v) is 8.21. The largest absolute Gasteiger partial charge is 0.0622 e. The van der Waals surface area contributed by atoms with E-state index in [9.17, 15) is 0 Å². The second kappa shape index (κ2) is 11.2. The molecular formula is C49H32. The van der Waals surface area contributed by atoms with E-state index >= 15 is 0 Å². The van der Waals surface area contributed by atoms with Crippen LogP contribution in [-0.4, -0.2) is 0 Å². The van der Waals surface area contributed by atoms with Gasteiger partial charge in [-0.25, -0.2) is 0 Å². The lowest BCUT2D eigenvalue weighted by molar-refractivity contribution is 1.26. The fraction of sp³-hybridized carbons (Fsp3) is 0.0204. The Balaban J connectivity index is 1.14. The predicted molar refractivity (Wildman–Crippen MR) is 209 cm³/mol. The first-order valence-electron chi connectivity index (χ1n) is 17.1. The lowest BCUT2D eigenvalue weighted by atomic mass is 9.85. The summed E-state index contributed by atoms with van der Waals surface area (Å²) in [5.74, 6) is 0. The van der Waals surface area contributed by atoms with E-state index in [1.165, 1.54) is 99.1 Å². The molecule has 0 saturated heterocycles. The molecule has 0 radical (unpaired) electrons. The molecule has 0 aromatic heterocycles. The van der Waals surface area contributed by atoms with Crippen molar-refractivity contribution in [3.05, 3.63) is 193 Å². The van der Waals surface area contributed by atoms with Crippen LogP contribution in [0.5, 0.6) is 0 Å². The van der Waals surface area contributed by atoms with Gasteiger partial charge in [0, 0.05) is 0 Å². The SMILES string of the molecule is c1ccc(-c2c3ccccc3c(-c3ccccc3)c3cc(-c4ccc5cc(-c6cccc7c6-c6ccccc6C7)ccc5c4)ccc23)cc1. The van der Waals surface area contributed by atoms with Crippen LogP contribution in [0, 0.1) is 0 Å². The van der Waals surface area contributed by atoms with E-state index in [4.69, 9.17) is 0 Å². The molecule has 49 heavy (non-hydrogen) atoms. The van der Waals surface area contributed by atoms with Gasteiger partial charge >= 0.3 is 0 Å². The smallest absolute Gasteiger partial charge is 0.00132 e. The summed E-state index contributed by atoms with van der Waals surface area (Å²) >= 11 is 0. The van der Waals surface area contributed by atoms with Gasteiger partial charge in [0.1, 0.15) is 0 Å². The van der Waals surface area contributed by atoms with Gasteiger partial charge in [0.05, 0.1) is 0 Å². The Morgan fingerprint density at radius 1 is 0.265 bits per heavy atom. The van der Waals surface area contributed by atoms with Crippen LogP contribution >= 0.6 is 0 Å². The van der Waals surface area contributed by atoms with Crippen molar-refractivity contribution in [2.45, 2.75) is 6.42 Å². The van der Waals surface area contributed by atoms with Crippen LogP contribution in [0.15, 0.2) is 182 Å². The van der Waals surface area contributed by atoms with Gasteiger partial charge in [-0.3, -0.25) is 0 Å². The minimum absolute atomic E-state index is 1.01. The van der Waals surface area contributed by atoms with Crippen molar-refractivity contribution in [2.75, 3.05) is 0 Å². The summed E-state index contributed by atoms with van der Waals surface area (Å²) in [5.41, 5.74) is 15.7. The summed E-state index contributed by atoms with van der Waals surface area (Å²) in [6.45, 7) is 0. The molecule has 1 aliphatic carbocycles. The Morgan fingerprint density at radius 3 is 1.51 bits per heavy atom. The molecule has 0 nitrogen and oxygen atoms in total. The molecular weight excluding hydrogens is 589 g/mol. The van der Waals surface area contributed by atoms with E-state index in [1.54, 1.807) is 0 Å². The molecule has 9 aromatic rings. The predicted octanol–water partition coefficient (Wildman–Crippen LogP) is 13.4. The van der Waals surface area contributed by atoms with E-state index < -0.39 is 0 Å². The normalized spacial score (nSPS) is 12.0. The minimum Gasteiger partial charge on any atom is -0.0622 e. The summed E-state index contributed by atoms with van der Waals surface area (Å²) in [6.07, 6.45) is 1.01. The van der Waals surface area contributed by atoms with Crippen LogP contribution in [0.1, 0.15) is 11.1 Å². The molecule has 0 unspecified atom stereocenters. The molecule has 0 heteroatoms. The Hall–Kier alpha value is -6.24. The van der Waals surface area contributed by atoms with Crippen LogP contribution < -0.4 is 0 Å². The quantitative estimate of drug-likeness (QED) is 0.172. The van der Waals surface area contributed by atoms with Crippen molar-refractivity contribution in [3.8, 4) is 55.6 Å². The third kappa shape index (κ3) is 4.53. The van der Waals surface area contributed by atoms with Crippen LogP contribution in [-0.2, 0) is 6.42 Å². The highest BCUT2D eigenvalue weighted by molar-refractivity contribution is 6.22.